The molecule has 0 spiro atoms. The second-order valence-electron chi connectivity index (χ2n) is 17.2. The average Bonchev–Trinajstić information content (AvgIpc) is 3.11. The molecular weight excluding hydrogens is 608 g/mol. The van der Waals surface area contributed by atoms with E-state index in [4.69, 9.17) is 0 Å². The van der Waals surface area contributed by atoms with Gasteiger partial charge in [0, 0.05) is 0 Å². The van der Waals surface area contributed by atoms with Crippen molar-refractivity contribution in [3.05, 3.63) is 0 Å². The van der Waals surface area contributed by atoms with Crippen molar-refractivity contribution >= 4 is 7.26 Å². The molecule has 49 heavy (non-hydrogen) atoms. The van der Waals surface area contributed by atoms with Crippen LogP contribution in [-0.2, 0) is 0 Å². The van der Waals surface area contributed by atoms with Gasteiger partial charge in [0.2, 0.25) is 0 Å². The topological polar surface area (TPSA) is 0 Å². The zero-order valence-corrected chi connectivity index (χ0v) is 36.6. The van der Waals surface area contributed by atoms with Crippen LogP contribution in [0.3, 0.4) is 0 Å². The van der Waals surface area contributed by atoms with Gasteiger partial charge in [-0.25, -0.2) is 0 Å². The van der Waals surface area contributed by atoms with Crippen molar-refractivity contribution in [1.82, 2.24) is 0 Å². The molecule has 0 aliphatic rings. The Hall–Kier alpha value is 0.430. The third-order valence-electron chi connectivity index (χ3n) is 12.2. The summed E-state index contributed by atoms with van der Waals surface area (Å²) in [6.07, 6.45) is 66.3. The molecule has 0 fully saturated rings. The Bertz CT molecular complexity index is 495. The van der Waals surface area contributed by atoms with Crippen LogP contribution in [0.5, 0.6) is 0 Å². The molecule has 0 amide bonds. The molecule has 0 bridgehead atoms. The summed E-state index contributed by atoms with van der Waals surface area (Å²) < 4.78 is 0. The molecule has 0 aliphatic carbocycles. The molecule has 0 heterocycles. The first-order valence-corrected chi connectivity index (χ1v) is 27.1. The van der Waals surface area contributed by atoms with Crippen molar-refractivity contribution in [3.8, 4) is 0 Å². The van der Waals surface area contributed by atoms with E-state index in [1.54, 1.807) is 43.9 Å². The molecule has 298 valence electrons. The summed E-state index contributed by atoms with van der Waals surface area (Å²) in [5.41, 5.74) is 0. The van der Waals surface area contributed by atoms with Crippen molar-refractivity contribution < 1.29 is 0 Å². The monoisotopic (exact) mass is 709 g/mol. The number of hydrogen-bond donors (Lipinski definition) is 0. The van der Waals surface area contributed by atoms with Gasteiger partial charge in [0.05, 0.1) is 0 Å². The van der Waals surface area contributed by atoms with Crippen molar-refractivity contribution in [3.63, 3.8) is 0 Å². The smallest absolute Gasteiger partial charge is 0.0654 e. The first-order chi connectivity index (χ1) is 24.2. The first kappa shape index (κ1) is 49.4. The van der Waals surface area contributed by atoms with Crippen LogP contribution in [0.2, 0.25) is 0 Å². The van der Waals surface area contributed by atoms with Crippen molar-refractivity contribution in [1.29, 1.82) is 0 Å². The molecule has 0 aliphatic heterocycles. The molecule has 0 aromatic carbocycles. The summed E-state index contributed by atoms with van der Waals surface area (Å²) in [4.78, 5) is 0. The molecule has 0 saturated heterocycles. The molecule has 0 N–H and O–H groups in total. The normalized spacial score (nSPS) is 12.3. The third-order valence-corrected chi connectivity index (χ3v) is 18.0. The number of hydrogen-bond acceptors (Lipinski definition) is 0. The molecule has 0 rings (SSSR count). The zero-order chi connectivity index (χ0) is 35.6. The first-order valence-electron chi connectivity index (χ1n) is 24.2. The van der Waals surface area contributed by atoms with Crippen LogP contribution in [0.15, 0.2) is 0 Å². The predicted octanol–water partition coefficient (Wildman–Crippen LogP) is 18.4. The predicted molar refractivity (Wildman–Crippen MR) is 235 cm³/mol. The summed E-state index contributed by atoms with van der Waals surface area (Å²) in [6, 6.07) is 0. The van der Waals surface area contributed by atoms with Crippen LogP contribution in [0.25, 0.3) is 0 Å². The SMILES string of the molecule is CCCCCCCCCCCCCCC[PH](CCC)(CCCCCCCCCCCCCCC)CCCCCCCCCCCCCCC. The van der Waals surface area contributed by atoms with Crippen molar-refractivity contribution in [2.45, 2.75) is 285 Å². The summed E-state index contributed by atoms with van der Waals surface area (Å²) in [6.45, 7) is 9.49. The van der Waals surface area contributed by atoms with Gasteiger partial charge in [0.1, 0.15) is 0 Å². The van der Waals surface area contributed by atoms with Gasteiger partial charge >= 0.3 is 257 Å². The van der Waals surface area contributed by atoms with Crippen LogP contribution in [0, 0.1) is 0 Å². The molecule has 0 aromatic heterocycles. The van der Waals surface area contributed by atoms with Crippen LogP contribution in [0.4, 0.5) is 0 Å². The molecular formula is C48H101P. The second-order valence-corrected chi connectivity index (χ2v) is 22.2. The third kappa shape index (κ3) is 38.0. The summed E-state index contributed by atoms with van der Waals surface area (Å²) in [5.74, 6) is 0. The molecule has 0 radical (unpaired) electrons. The maximum absolute atomic E-state index is 2.51. The van der Waals surface area contributed by atoms with E-state index in [9.17, 15) is 0 Å². The van der Waals surface area contributed by atoms with Crippen LogP contribution >= 0.6 is 7.26 Å². The Labute approximate surface area is 315 Å². The van der Waals surface area contributed by atoms with Gasteiger partial charge in [-0.3, -0.25) is 0 Å². The molecule has 0 saturated carbocycles. The van der Waals surface area contributed by atoms with Crippen molar-refractivity contribution in [2.75, 3.05) is 24.6 Å². The van der Waals surface area contributed by atoms with Gasteiger partial charge in [-0.15, -0.1) is 0 Å². The molecule has 0 nitrogen and oxygen atoms in total. The fraction of sp³-hybridized carbons (Fsp3) is 1.00. The van der Waals surface area contributed by atoms with Crippen LogP contribution in [-0.4, -0.2) is 24.6 Å². The molecule has 1 heteroatoms. The Balaban J connectivity index is 4.33. The van der Waals surface area contributed by atoms with Gasteiger partial charge in [-0.1, -0.05) is 59.3 Å². The summed E-state index contributed by atoms with van der Waals surface area (Å²) >= 11 is 0. The van der Waals surface area contributed by atoms with Gasteiger partial charge in [0.15, 0.2) is 0 Å². The van der Waals surface area contributed by atoms with E-state index in [2.05, 4.69) is 27.7 Å². The molecule has 0 aromatic rings. The maximum atomic E-state index is 2.51. The fourth-order valence-electron chi connectivity index (χ4n) is 8.83. The quantitative estimate of drug-likeness (QED) is 0.0437. The van der Waals surface area contributed by atoms with Crippen LogP contribution in [0.1, 0.15) is 285 Å². The van der Waals surface area contributed by atoms with E-state index in [0.29, 0.717) is 0 Å². The molecule has 0 unspecified atom stereocenters. The summed E-state index contributed by atoms with van der Waals surface area (Å²) in [5, 5.41) is 0. The Morgan fingerprint density at radius 1 is 0.163 bits per heavy atom. The van der Waals surface area contributed by atoms with E-state index in [-0.39, 0.29) is 0 Å². The number of unbranched alkanes of at least 4 members (excludes halogenated alkanes) is 36. The van der Waals surface area contributed by atoms with Crippen LogP contribution < -0.4 is 0 Å². The number of rotatable bonds is 44. The Morgan fingerprint density at radius 3 is 0.490 bits per heavy atom. The van der Waals surface area contributed by atoms with Gasteiger partial charge in [-0.05, 0) is 0 Å². The Morgan fingerprint density at radius 2 is 0.327 bits per heavy atom. The standard InChI is InChI=1S/C48H101P/c1-5-9-12-15-18-21-24-27-30-33-36-39-42-46-49(45-8-4,47-43-40-37-34-31-28-25-22-19-16-13-10-6-2)48-44-41-38-35-32-29-26-23-20-17-14-11-7-3/h49H,5-48H2,1-4H3. The fourth-order valence-corrected chi connectivity index (χ4v) is 14.4. The van der Waals surface area contributed by atoms with Gasteiger partial charge in [0.25, 0.3) is 0 Å². The summed E-state index contributed by atoms with van der Waals surface area (Å²) in [7, 11) is -1.10. The van der Waals surface area contributed by atoms with E-state index >= 15 is 0 Å². The zero-order valence-electron chi connectivity index (χ0n) is 35.6. The minimum Gasteiger partial charge on any atom is -0.0654 e. The average molecular weight is 709 g/mol. The van der Waals surface area contributed by atoms with Gasteiger partial charge in [-0.2, -0.15) is 0 Å². The Kier molecular flexibility index (Phi) is 43.2. The van der Waals surface area contributed by atoms with E-state index < -0.39 is 7.26 Å². The second kappa shape index (κ2) is 42.8. The van der Waals surface area contributed by atoms with Gasteiger partial charge < -0.3 is 0 Å². The van der Waals surface area contributed by atoms with E-state index in [1.807, 2.05) is 0 Å². The van der Waals surface area contributed by atoms with E-state index in [0.717, 1.165) is 0 Å². The minimum atomic E-state index is -1.10. The minimum absolute atomic E-state index is 1.10. The van der Waals surface area contributed by atoms with Crippen molar-refractivity contribution in [2.24, 2.45) is 0 Å². The molecule has 0 atom stereocenters. The van der Waals surface area contributed by atoms with E-state index in [1.165, 1.54) is 238 Å².